The van der Waals surface area contributed by atoms with Gasteiger partial charge in [0.2, 0.25) is 10.0 Å². The maximum atomic E-state index is 11.8. The quantitative estimate of drug-likeness (QED) is 0.827. The molecule has 1 rings (SSSR count). The first kappa shape index (κ1) is 12.5. The third-order valence-corrected chi connectivity index (χ3v) is 4.18. The van der Waals surface area contributed by atoms with E-state index >= 15 is 0 Å². The molecule has 0 bridgehead atoms. The van der Waals surface area contributed by atoms with Crippen molar-refractivity contribution in [2.75, 3.05) is 5.88 Å². The summed E-state index contributed by atoms with van der Waals surface area (Å²) < 4.78 is 26.2. The van der Waals surface area contributed by atoms with Crippen LogP contribution in [0.2, 0.25) is 0 Å². The molecule has 0 spiro atoms. The van der Waals surface area contributed by atoms with Gasteiger partial charge in [0.25, 0.3) is 0 Å². The van der Waals surface area contributed by atoms with E-state index in [1.54, 1.807) is 44.2 Å². The van der Waals surface area contributed by atoms with E-state index in [1.165, 1.54) is 0 Å². The summed E-state index contributed by atoms with van der Waals surface area (Å²) in [6.45, 7) is 3.47. The minimum atomic E-state index is -3.46. The van der Waals surface area contributed by atoms with E-state index in [1.807, 2.05) is 0 Å². The summed E-state index contributed by atoms with van der Waals surface area (Å²) in [5.41, 5.74) is -0.643. The van der Waals surface area contributed by atoms with Crippen LogP contribution in [0.25, 0.3) is 0 Å². The molecule has 0 aliphatic heterocycles. The minimum absolute atomic E-state index is 0.221. The summed E-state index contributed by atoms with van der Waals surface area (Å²) in [6, 6.07) is 8.23. The number of sulfonamides is 1. The van der Waals surface area contributed by atoms with Crippen molar-refractivity contribution in [3.05, 3.63) is 30.3 Å². The molecule has 5 heteroatoms. The summed E-state index contributed by atoms with van der Waals surface area (Å²) in [6.07, 6.45) is 0. The average Bonchev–Trinajstić information content (AvgIpc) is 2.18. The molecule has 0 saturated heterocycles. The third-order valence-electron chi connectivity index (χ3n) is 1.80. The molecule has 84 valence electrons. The lowest BCUT2D eigenvalue weighted by atomic mass is 10.1. The SMILES string of the molecule is CC(C)(CCl)NS(=O)(=O)c1ccccc1. The van der Waals surface area contributed by atoms with Gasteiger partial charge in [-0.05, 0) is 26.0 Å². The summed E-state index contributed by atoms with van der Waals surface area (Å²) in [4.78, 5) is 0.253. The van der Waals surface area contributed by atoms with Gasteiger partial charge in [-0.2, -0.15) is 0 Å². The number of hydrogen-bond acceptors (Lipinski definition) is 2. The molecule has 0 aliphatic carbocycles. The second-order valence-electron chi connectivity index (χ2n) is 3.94. The fourth-order valence-electron chi connectivity index (χ4n) is 1.05. The van der Waals surface area contributed by atoms with Gasteiger partial charge in [0.1, 0.15) is 0 Å². The Kier molecular flexibility index (Phi) is 3.76. The number of hydrogen-bond donors (Lipinski definition) is 1. The molecule has 15 heavy (non-hydrogen) atoms. The minimum Gasteiger partial charge on any atom is -0.207 e. The standard InChI is InChI=1S/C10H14ClNO2S/c1-10(2,8-11)12-15(13,14)9-6-4-3-5-7-9/h3-7,12H,8H2,1-2H3. The first-order valence-electron chi connectivity index (χ1n) is 4.52. The van der Waals surface area contributed by atoms with Gasteiger partial charge in [-0.3, -0.25) is 0 Å². The first-order valence-corrected chi connectivity index (χ1v) is 6.54. The van der Waals surface area contributed by atoms with E-state index in [0.29, 0.717) is 0 Å². The Labute approximate surface area is 95.5 Å². The lowest BCUT2D eigenvalue weighted by Crippen LogP contribution is -2.44. The first-order chi connectivity index (χ1) is 6.87. The zero-order valence-electron chi connectivity index (χ0n) is 8.70. The molecule has 1 aromatic carbocycles. The molecular formula is C10H14ClNO2S. The molecular weight excluding hydrogens is 234 g/mol. The molecule has 0 aromatic heterocycles. The van der Waals surface area contributed by atoms with Crippen LogP contribution in [0.1, 0.15) is 13.8 Å². The number of nitrogens with one attached hydrogen (secondary N) is 1. The smallest absolute Gasteiger partial charge is 0.207 e. The van der Waals surface area contributed by atoms with Gasteiger partial charge < -0.3 is 0 Å². The van der Waals surface area contributed by atoms with Gasteiger partial charge in [0.05, 0.1) is 4.90 Å². The predicted octanol–water partition coefficient (Wildman–Crippen LogP) is 1.98. The van der Waals surface area contributed by atoms with Crippen molar-refractivity contribution in [2.45, 2.75) is 24.3 Å². The summed E-state index contributed by atoms with van der Waals surface area (Å²) >= 11 is 5.66. The van der Waals surface area contributed by atoms with Crippen LogP contribution in [0, 0.1) is 0 Å². The lowest BCUT2D eigenvalue weighted by Gasteiger charge is -2.22. The molecule has 0 radical (unpaired) electrons. The van der Waals surface area contributed by atoms with Crippen LogP contribution < -0.4 is 4.72 Å². The van der Waals surface area contributed by atoms with E-state index in [2.05, 4.69) is 4.72 Å². The molecule has 1 N–H and O–H groups in total. The Morgan fingerprint density at radius 1 is 1.27 bits per heavy atom. The predicted molar refractivity (Wildman–Crippen MR) is 61.6 cm³/mol. The topological polar surface area (TPSA) is 46.2 Å². The zero-order valence-corrected chi connectivity index (χ0v) is 10.3. The molecule has 0 unspecified atom stereocenters. The molecule has 0 aliphatic rings. The van der Waals surface area contributed by atoms with Crippen molar-refractivity contribution in [2.24, 2.45) is 0 Å². The summed E-state index contributed by atoms with van der Waals surface area (Å²) in [7, 11) is -3.46. The third kappa shape index (κ3) is 3.48. The molecule has 3 nitrogen and oxygen atoms in total. The molecule has 0 heterocycles. The molecule has 0 atom stereocenters. The Morgan fingerprint density at radius 3 is 2.27 bits per heavy atom. The van der Waals surface area contributed by atoms with Crippen LogP contribution in [0.5, 0.6) is 0 Å². The van der Waals surface area contributed by atoms with Crippen LogP contribution in [0.15, 0.2) is 35.2 Å². The van der Waals surface area contributed by atoms with Crippen molar-refractivity contribution in [1.82, 2.24) is 4.72 Å². The fourth-order valence-corrected chi connectivity index (χ4v) is 2.63. The molecule has 0 fully saturated rings. The number of alkyl halides is 1. The van der Waals surface area contributed by atoms with E-state index in [9.17, 15) is 8.42 Å². The van der Waals surface area contributed by atoms with Crippen molar-refractivity contribution in [3.8, 4) is 0 Å². The summed E-state index contributed by atoms with van der Waals surface area (Å²) in [5.74, 6) is 0.221. The second kappa shape index (κ2) is 4.51. The molecule has 0 saturated carbocycles. The number of rotatable bonds is 4. The van der Waals surface area contributed by atoms with Gasteiger partial charge >= 0.3 is 0 Å². The molecule has 0 amide bonds. The number of halogens is 1. The van der Waals surface area contributed by atoms with Crippen molar-refractivity contribution in [1.29, 1.82) is 0 Å². The van der Waals surface area contributed by atoms with Gasteiger partial charge in [-0.15, -0.1) is 11.6 Å². The molecule has 1 aromatic rings. The van der Waals surface area contributed by atoms with Gasteiger partial charge in [-0.1, -0.05) is 18.2 Å². The highest BCUT2D eigenvalue weighted by Crippen LogP contribution is 2.13. The van der Waals surface area contributed by atoms with E-state index < -0.39 is 15.6 Å². The van der Waals surface area contributed by atoms with Gasteiger partial charge in [-0.25, -0.2) is 13.1 Å². The van der Waals surface area contributed by atoms with Crippen LogP contribution in [0.4, 0.5) is 0 Å². The maximum Gasteiger partial charge on any atom is 0.241 e. The normalized spacial score (nSPS) is 12.7. The van der Waals surface area contributed by atoms with Crippen LogP contribution in [-0.2, 0) is 10.0 Å². The number of benzene rings is 1. The largest absolute Gasteiger partial charge is 0.241 e. The van der Waals surface area contributed by atoms with Gasteiger partial charge in [0.15, 0.2) is 0 Å². The van der Waals surface area contributed by atoms with E-state index in [0.717, 1.165) is 0 Å². The second-order valence-corrected chi connectivity index (χ2v) is 5.89. The van der Waals surface area contributed by atoms with E-state index in [-0.39, 0.29) is 10.8 Å². The van der Waals surface area contributed by atoms with Crippen molar-refractivity contribution >= 4 is 21.6 Å². The van der Waals surface area contributed by atoms with Crippen LogP contribution in [0.3, 0.4) is 0 Å². The Balaban J connectivity index is 2.96. The Hall–Kier alpha value is -0.580. The van der Waals surface area contributed by atoms with Crippen LogP contribution >= 0.6 is 11.6 Å². The highest BCUT2D eigenvalue weighted by Gasteiger charge is 2.24. The maximum absolute atomic E-state index is 11.8. The van der Waals surface area contributed by atoms with Crippen molar-refractivity contribution < 1.29 is 8.42 Å². The van der Waals surface area contributed by atoms with E-state index in [4.69, 9.17) is 11.6 Å². The lowest BCUT2D eigenvalue weighted by molar-refractivity contribution is 0.496. The van der Waals surface area contributed by atoms with Crippen LogP contribution in [-0.4, -0.2) is 19.8 Å². The fraction of sp³-hybridized carbons (Fsp3) is 0.400. The monoisotopic (exact) mass is 247 g/mol. The van der Waals surface area contributed by atoms with Gasteiger partial charge in [0, 0.05) is 11.4 Å². The zero-order chi connectivity index (χ0) is 11.5. The van der Waals surface area contributed by atoms with Crippen molar-refractivity contribution in [3.63, 3.8) is 0 Å². The highest BCUT2D eigenvalue weighted by atomic mass is 35.5. The summed E-state index contributed by atoms with van der Waals surface area (Å²) in [5, 5.41) is 0. The highest BCUT2D eigenvalue weighted by molar-refractivity contribution is 7.89. The average molecular weight is 248 g/mol. The Morgan fingerprint density at radius 2 is 1.80 bits per heavy atom. The Bertz CT molecular complexity index is 414.